The van der Waals surface area contributed by atoms with Crippen LogP contribution in [-0.4, -0.2) is 41.0 Å². The minimum Gasteiger partial charge on any atom is -0.480 e. The predicted octanol–water partition coefficient (Wildman–Crippen LogP) is 0.971. The van der Waals surface area contributed by atoms with Crippen LogP contribution in [0.25, 0.3) is 0 Å². The fourth-order valence-corrected chi connectivity index (χ4v) is 2.94. The van der Waals surface area contributed by atoms with Crippen molar-refractivity contribution in [3.8, 4) is 0 Å². The van der Waals surface area contributed by atoms with Gasteiger partial charge in [-0.2, -0.15) is 0 Å². The molecule has 2 saturated carbocycles. The number of nitrogens with zero attached hydrogens (tertiary/aromatic N) is 1. The van der Waals surface area contributed by atoms with E-state index >= 15 is 0 Å². The van der Waals surface area contributed by atoms with Crippen LogP contribution in [0.3, 0.4) is 0 Å². The Bertz CT molecular complexity index is 333. The highest BCUT2D eigenvalue weighted by atomic mass is 16.4. The second kappa shape index (κ2) is 5.26. The first-order chi connectivity index (χ1) is 8.59. The lowest BCUT2D eigenvalue weighted by atomic mass is 9.73. The van der Waals surface area contributed by atoms with Gasteiger partial charge in [0.15, 0.2) is 0 Å². The van der Waals surface area contributed by atoms with Crippen molar-refractivity contribution in [2.45, 2.75) is 51.0 Å². The Hall–Kier alpha value is -1.10. The standard InChI is InChI=1S/C13H22N2O3/c14-9-13(6-2-1-3-7-13)12(18)15(8-11(16)17)10-4-5-10/h10H,1-9,14H2,(H,16,17). The minimum atomic E-state index is -0.932. The van der Waals surface area contributed by atoms with Crippen LogP contribution in [0, 0.1) is 5.41 Å². The maximum Gasteiger partial charge on any atom is 0.323 e. The highest BCUT2D eigenvalue weighted by Gasteiger charge is 2.45. The van der Waals surface area contributed by atoms with E-state index in [-0.39, 0.29) is 18.5 Å². The van der Waals surface area contributed by atoms with Crippen molar-refractivity contribution in [1.29, 1.82) is 0 Å². The largest absolute Gasteiger partial charge is 0.480 e. The molecule has 3 N–H and O–H groups in total. The first kappa shape index (κ1) is 13.3. The third-order valence-corrected chi connectivity index (χ3v) is 4.21. The van der Waals surface area contributed by atoms with E-state index in [9.17, 15) is 9.59 Å². The van der Waals surface area contributed by atoms with Crippen LogP contribution in [0.2, 0.25) is 0 Å². The summed E-state index contributed by atoms with van der Waals surface area (Å²) in [7, 11) is 0. The van der Waals surface area contributed by atoms with Crippen LogP contribution in [0.4, 0.5) is 0 Å². The number of carboxylic acid groups (broad SMARTS) is 1. The number of carbonyl (C=O) groups excluding carboxylic acids is 1. The summed E-state index contributed by atoms with van der Waals surface area (Å²) >= 11 is 0. The van der Waals surface area contributed by atoms with Gasteiger partial charge < -0.3 is 15.7 Å². The SMILES string of the molecule is NCC1(C(=O)N(CC(=O)O)C2CC2)CCCCC1. The summed E-state index contributed by atoms with van der Waals surface area (Å²) in [5.41, 5.74) is 5.34. The van der Waals surface area contributed by atoms with Gasteiger partial charge in [-0.1, -0.05) is 19.3 Å². The van der Waals surface area contributed by atoms with Gasteiger partial charge in [-0.15, -0.1) is 0 Å². The molecule has 1 amide bonds. The van der Waals surface area contributed by atoms with Crippen molar-refractivity contribution in [3.05, 3.63) is 0 Å². The summed E-state index contributed by atoms with van der Waals surface area (Å²) in [4.78, 5) is 25.1. The molecule has 2 fully saturated rings. The predicted molar refractivity (Wildman–Crippen MR) is 66.9 cm³/mol. The number of carbonyl (C=O) groups is 2. The lowest BCUT2D eigenvalue weighted by Gasteiger charge is -2.38. The Morgan fingerprint density at radius 3 is 2.28 bits per heavy atom. The molecule has 2 rings (SSSR count). The van der Waals surface area contributed by atoms with Crippen molar-refractivity contribution in [1.82, 2.24) is 4.90 Å². The first-order valence-corrected chi connectivity index (χ1v) is 6.82. The fourth-order valence-electron chi connectivity index (χ4n) is 2.94. The molecule has 18 heavy (non-hydrogen) atoms. The summed E-state index contributed by atoms with van der Waals surface area (Å²) in [5.74, 6) is -0.951. The minimum absolute atomic E-state index is 0.0189. The monoisotopic (exact) mass is 254 g/mol. The van der Waals surface area contributed by atoms with E-state index in [0.717, 1.165) is 44.9 Å². The number of hydrogen-bond acceptors (Lipinski definition) is 3. The highest BCUT2D eigenvalue weighted by molar-refractivity contribution is 5.87. The van der Waals surface area contributed by atoms with Gasteiger partial charge in [-0.3, -0.25) is 9.59 Å². The van der Waals surface area contributed by atoms with E-state index in [1.165, 1.54) is 0 Å². The van der Waals surface area contributed by atoms with Gasteiger partial charge in [0.05, 0.1) is 5.41 Å². The third kappa shape index (κ3) is 2.66. The third-order valence-electron chi connectivity index (χ3n) is 4.21. The van der Waals surface area contributed by atoms with Crippen LogP contribution in [0.5, 0.6) is 0 Å². The Morgan fingerprint density at radius 2 is 1.83 bits per heavy atom. The Labute approximate surface area is 107 Å². The summed E-state index contributed by atoms with van der Waals surface area (Å²) in [6.45, 7) is 0.167. The molecule has 0 radical (unpaired) electrons. The number of carboxylic acids is 1. The van der Waals surface area contributed by atoms with Crippen molar-refractivity contribution in [2.24, 2.45) is 11.1 Å². The number of aliphatic carboxylic acids is 1. The van der Waals surface area contributed by atoms with Gasteiger partial charge in [0.1, 0.15) is 6.54 Å². The fraction of sp³-hybridized carbons (Fsp3) is 0.846. The van der Waals surface area contributed by atoms with Crippen molar-refractivity contribution in [2.75, 3.05) is 13.1 Å². The second-order valence-electron chi connectivity index (χ2n) is 5.60. The smallest absolute Gasteiger partial charge is 0.323 e. The topological polar surface area (TPSA) is 83.6 Å². The Morgan fingerprint density at radius 1 is 1.22 bits per heavy atom. The zero-order chi connectivity index (χ0) is 13.2. The molecule has 5 nitrogen and oxygen atoms in total. The molecule has 0 aromatic carbocycles. The van der Waals surface area contributed by atoms with Gasteiger partial charge in [0, 0.05) is 12.6 Å². The maximum absolute atomic E-state index is 12.7. The normalized spacial score (nSPS) is 22.5. The molecule has 5 heteroatoms. The van der Waals surface area contributed by atoms with Crippen LogP contribution >= 0.6 is 0 Å². The molecule has 0 spiro atoms. The summed E-state index contributed by atoms with van der Waals surface area (Å²) in [6.07, 6.45) is 6.68. The van der Waals surface area contributed by atoms with Gasteiger partial charge >= 0.3 is 5.97 Å². The van der Waals surface area contributed by atoms with E-state index in [2.05, 4.69) is 0 Å². The van der Waals surface area contributed by atoms with E-state index in [0.29, 0.717) is 6.54 Å². The number of hydrogen-bond donors (Lipinski definition) is 2. The Balaban J connectivity index is 2.12. The van der Waals surface area contributed by atoms with Crippen molar-refractivity contribution in [3.63, 3.8) is 0 Å². The highest BCUT2D eigenvalue weighted by Crippen LogP contribution is 2.39. The molecule has 102 valence electrons. The molecule has 0 saturated heterocycles. The van der Waals surface area contributed by atoms with Crippen LogP contribution in [0.1, 0.15) is 44.9 Å². The molecule has 2 aliphatic rings. The maximum atomic E-state index is 12.7. The van der Waals surface area contributed by atoms with Crippen LogP contribution < -0.4 is 5.73 Å². The number of nitrogens with two attached hydrogens (primary N) is 1. The summed E-state index contributed by atoms with van der Waals surface area (Å²) < 4.78 is 0. The molecule has 0 aliphatic heterocycles. The quantitative estimate of drug-likeness (QED) is 0.765. The zero-order valence-corrected chi connectivity index (χ0v) is 10.7. The lowest BCUT2D eigenvalue weighted by Crippen LogP contribution is -2.51. The van der Waals surface area contributed by atoms with Gasteiger partial charge in [-0.05, 0) is 25.7 Å². The molecule has 0 atom stereocenters. The molecular formula is C13H22N2O3. The average Bonchev–Trinajstić information content (AvgIpc) is 3.20. The van der Waals surface area contributed by atoms with E-state index in [4.69, 9.17) is 10.8 Å². The summed E-state index contributed by atoms with van der Waals surface area (Å²) in [5, 5.41) is 8.94. The van der Waals surface area contributed by atoms with Crippen molar-refractivity contribution < 1.29 is 14.7 Å². The van der Waals surface area contributed by atoms with Crippen LogP contribution in [-0.2, 0) is 9.59 Å². The average molecular weight is 254 g/mol. The lowest BCUT2D eigenvalue weighted by molar-refractivity contribution is -0.151. The van der Waals surface area contributed by atoms with Crippen molar-refractivity contribution >= 4 is 11.9 Å². The molecule has 0 aromatic rings. The molecule has 0 aromatic heterocycles. The van der Waals surface area contributed by atoms with E-state index < -0.39 is 11.4 Å². The van der Waals surface area contributed by atoms with E-state index in [1.54, 1.807) is 4.90 Å². The van der Waals surface area contributed by atoms with Crippen LogP contribution in [0.15, 0.2) is 0 Å². The Kier molecular flexibility index (Phi) is 3.90. The molecule has 2 aliphatic carbocycles. The summed E-state index contributed by atoms with van der Waals surface area (Å²) in [6, 6.07) is 0.138. The second-order valence-corrected chi connectivity index (χ2v) is 5.60. The van der Waals surface area contributed by atoms with Gasteiger partial charge in [0.2, 0.25) is 5.91 Å². The molecule has 0 unspecified atom stereocenters. The molecule has 0 heterocycles. The molecular weight excluding hydrogens is 232 g/mol. The first-order valence-electron chi connectivity index (χ1n) is 6.82. The zero-order valence-electron chi connectivity index (χ0n) is 10.7. The number of rotatable bonds is 5. The molecule has 0 bridgehead atoms. The van der Waals surface area contributed by atoms with E-state index in [1.807, 2.05) is 0 Å². The number of amides is 1. The van der Waals surface area contributed by atoms with Gasteiger partial charge in [0.25, 0.3) is 0 Å². The van der Waals surface area contributed by atoms with Gasteiger partial charge in [-0.25, -0.2) is 0 Å².